The van der Waals surface area contributed by atoms with Gasteiger partial charge < -0.3 is 9.32 Å². The fourth-order valence-corrected chi connectivity index (χ4v) is 3.90. The smallest absolute Gasteiger partial charge is 0.241 e. The van der Waals surface area contributed by atoms with Crippen molar-refractivity contribution in [3.8, 4) is 0 Å². The van der Waals surface area contributed by atoms with Gasteiger partial charge in [-0.15, -0.1) is 0 Å². The zero-order chi connectivity index (χ0) is 16.7. The van der Waals surface area contributed by atoms with Crippen LogP contribution in [-0.2, 0) is 18.4 Å². The highest BCUT2D eigenvalue weighted by Crippen LogP contribution is 2.33. The van der Waals surface area contributed by atoms with E-state index in [1.165, 1.54) is 5.56 Å². The van der Waals surface area contributed by atoms with Gasteiger partial charge in [0, 0.05) is 45.0 Å². The van der Waals surface area contributed by atoms with Crippen molar-refractivity contribution in [3.63, 3.8) is 0 Å². The molecule has 128 valence electrons. The van der Waals surface area contributed by atoms with E-state index in [1.54, 1.807) is 23.4 Å². The summed E-state index contributed by atoms with van der Waals surface area (Å²) in [5.74, 6) is 0.143. The third kappa shape index (κ3) is 2.63. The fourth-order valence-electron chi connectivity index (χ4n) is 3.90. The van der Waals surface area contributed by atoms with Crippen molar-refractivity contribution >= 4 is 11.6 Å². The van der Waals surface area contributed by atoms with E-state index in [0.717, 1.165) is 38.3 Å². The topological polar surface area (TPSA) is 57.8 Å². The number of rotatable bonds is 3. The first-order valence-electron chi connectivity index (χ1n) is 8.29. The van der Waals surface area contributed by atoms with Gasteiger partial charge in [-0.05, 0) is 19.5 Å². The second-order valence-electron chi connectivity index (χ2n) is 7.02. The summed E-state index contributed by atoms with van der Waals surface area (Å²) in [4.78, 5) is 19.1. The summed E-state index contributed by atoms with van der Waals surface area (Å²) in [7, 11) is 3.95. The van der Waals surface area contributed by atoms with Gasteiger partial charge in [0.05, 0.1) is 36.5 Å². The molecule has 0 radical (unpaired) electrons. The van der Waals surface area contributed by atoms with Crippen molar-refractivity contribution in [2.24, 2.45) is 7.05 Å². The quantitative estimate of drug-likeness (QED) is 0.839. The Morgan fingerprint density at radius 1 is 1.33 bits per heavy atom. The summed E-state index contributed by atoms with van der Waals surface area (Å²) < 4.78 is 6.92. The van der Waals surface area contributed by atoms with E-state index in [4.69, 9.17) is 4.42 Å². The van der Waals surface area contributed by atoms with E-state index >= 15 is 0 Å². The Bertz CT molecular complexity index is 725. The molecule has 2 aromatic rings. The number of nitrogens with zero attached hydrogens (tertiary/aromatic N) is 5. The monoisotopic (exact) mass is 329 g/mol. The molecule has 1 amide bonds. The van der Waals surface area contributed by atoms with Crippen LogP contribution in [0.5, 0.6) is 0 Å². The predicted molar refractivity (Wildman–Crippen MR) is 89.5 cm³/mol. The summed E-state index contributed by atoms with van der Waals surface area (Å²) in [6.45, 7) is 4.06. The first kappa shape index (κ1) is 15.4. The van der Waals surface area contributed by atoms with Gasteiger partial charge >= 0.3 is 0 Å². The van der Waals surface area contributed by atoms with Crippen molar-refractivity contribution in [1.82, 2.24) is 19.6 Å². The van der Waals surface area contributed by atoms with Crippen LogP contribution >= 0.6 is 0 Å². The van der Waals surface area contributed by atoms with Crippen LogP contribution in [0.2, 0.25) is 0 Å². The van der Waals surface area contributed by atoms with E-state index in [2.05, 4.69) is 21.9 Å². The molecule has 0 aromatic carbocycles. The molecular formula is C17H23N5O2. The van der Waals surface area contributed by atoms with Gasteiger partial charge in [-0.2, -0.15) is 5.10 Å². The van der Waals surface area contributed by atoms with Gasteiger partial charge in [0.2, 0.25) is 5.91 Å². The fraction of sp³-hybridized carbons (Fsp3) is 0.529. The molecule has 4 heterocycles. The maximum absolute atomic E-state index is 12.5. The number of piperazine rings is 1. The number of carbonyl (C=O) groups excluding carboxylic acids is 1. The van der Waals surface area contributed by atoms with E-state index in [0.29, 0.717) is 6.54 Å². The molecule has 0 aliphatic carbocycles. The van der Waals surface area contributed by atoms with Crippen molar-refractivity contribution in [1.29, 1.82) is 0 Å². The maximum atomic E-state index is 12.5. The molecule has 0 N–H and O–H groups in total. The molecule has 2 aromatic heterocycles. The normalized spacial score (nSPS) is 25.9. The molecule has 0 bridgehead atoms. The van der Waals surface area contributed by atoms with E-state index in [9.17, 15) is 4.79 Å². The Labute approximate surface area is 141 Å². The van der Waals surface area contributed by atoms with Crippen molar-refractivity contribution in [3.05, 3.63) is 36.5 Å². The van der Waals surface area contributed by atoms with E-state index in [1.807, 2.05) is 24.2 Å². The second-order valence-corrected chi connectivity index (χ2v) is 7.02. The molecule has 2 saturated heterocycles. The molecule has 24 heavy (non-hydrogen) atoms. The third-order valence-corrected chi connectivity index (χ3v) is 5.34. The molecule has 2 aliphatic heterocycles. The lowest BCUT2D eigenvalue weighted by molar-refractivity contribution is -0.123. The van der Waals surface area contributed by atoms with Gasteiger partial charge in [-0.1, -0.05) is 0 Å². The Kier molecular flexibility index (Phi) is 3.69. The molecule has 4 rings (SSSR count). The largest absolute Gasteiger partial charge is 0.472 e. The van der Waals surface area contributed by atoms with Crippen LogP contribution in [-0.4, -0.2) is 64.3 Å². The number of amides is 1. The van der Waals surface area contributed by atoms with Crippen molar-refractivity contribution in [2.45, 2.75) is 18.5 Å². The Morgan fingerprint density at radius 3 is 2.92 bits per heavy atom. The molecule has 1 spiro atoms. The molecule has 7 nitrogen and oxygen atoms in total. The predicted octanol–water partition coefficient (Wildman–Crippen LogP) is 0.936. The maximum Gasteiger partial charge on any atom is 0.241 e. The van der Waals surface area contributed by atoms with Gasteiger partial charge in [-0.25, -0.2) is 0 Å². The van der Waals surface area contributed by atoms with Gasteiger partial charge in [-0.3, -0.25) is 19.3 Å². The molecule has 2 aliphatic rings. The van der Waals surface area contributed by atoms with Crippen LogP contribution in [0.1, 0.15) is 12.0 Å². The lowest BCUT2D eigenvalue weighted by Gasteiger charge is -2.46. The van der Waals surface area contributed by atoms with Crippen LogP contribution in [0.25, 0.3) is 0 Å². The summed E-state index contributed by atoms with van der Waals surface area (Å²) in [5, 5.41) is 4.21. The van der Waals surface area contributed by atoms with Crippen LogP contribution < -0.4 is 4.90 Å². The number of aromatic nitrogens is 2. The molecule has 7 heteroatoms. The zero-order valence-corrected chi connectivity index (χ0v) is 14.2. The Hall–Kier alpha value is -2.12. The number of hydrogen-bond donors (Lipinski definition) is 0. The van der Waals surface area contributed by atoms with Gasteiger partial charge in [0.1, 0.15) is 0 Å². The van der Waals surface area contributed by atoms with Crippen LogP contribution in [0, 0.1) is 0 Å². The van der Waals surface area contributed by atoms with Crippen LogP contribution in [0.4, 0.5) is 5.69 Å². The minimum Gasteiger partial charge on any atom is -0.472 e. The lowest BCUT2D eigenvalue weighted by Crippen LogP contribution is -2.64. The summed E-state index contributed by atoms with van der Waals surface area (Å²) in [6, 6.07) is 2.01. The molecule has 2 fully saturated rings. The average Bonchev–Trinajstić information content (AvgIpc) is 3.26. The van der Waals surface area contributed by atoms with Crippen LogP contribution in [0.15, 0.2) is 35.4 Å². The summed E-state index contributed by atoms with van der Waals surface area (Å²) in [6.07, 6.45) is 8.27. The molecule has 1 atom stereocenters. The Balaban J connectivity index is 1.52. The first-order valence-corrected chi connectivity index (χ1v) is 8.29. The first-order chi connectivity index (χ1) is 11.6. The number of anilines is 1. The van der Waals surface area contributed by atoms with Crippen molar-refractivity contribution in [2.75, 3.05) is 38.1 Å². The van der Waals surface area contributed by atoms with E-state index in [-0.39, 0.29) is 11.4 Å². The summed E-state index contributed by atoms with van der Waals surface area (Å²) in [5.41, 5.74) is 2.10. The molecular weight excluding hydrogens is 306 g/mol. The highest BCUT2D eigenvalue weighted by molar-refractivity contribution is 5.95. The second kappa shape index (κ2) is 5.75. The lowest BCUT2D eigenvalue weighted by atomic mass is 9.93. The zero-order valence-electron chi connectivity index (χ0n) is 14.2. The number of likely N-dealkylation sites (tertiary alicyclic amines) is 1. The third-order valence-electron chi connectivity index (χ3n) is 5.34. The van der Waals surface area contributed by atoms with Gasteiger partial charge in [0.25, 0.3) is 0 Å². The minimum absolute atomic E-state index is 0.00743. The SMILES string of the molecule is CN1CC(=O)N(c2cnn(C)c2)C[C@]12CCN(Cc1ccoc1)C2. The number of carbonyl (C=O) groups is 1. The number of furan rings is 1. The highest BCUT2D eigenvalue weighted by atomic mass is 16.3. The minimum atomic E-state index is 0.00743. The molecule has 0 unspecified atom stereocenters. The van der Waals surface area contributed by atoms with Crippen molar-refractivity contribution < 1.29 is 9.21 Å². The average molecular weight is 329 g/mol. The van der Waals surface area contributed by atoms with E-state index < -0.39 is 0 Å². The standard InChI is InChI=1S/C17H23N5O2/c1-19-10-16(23)22(15-7-18-20(2)9-15)13-17(19)4-5-21(12-17)8-14-3-6-24-11-14/h3,6-7,9,11H,4-5,8,10,12-13H2,1-2H3/t17-/m1/s1. The number of likely N-dealkylation sites (N-methyl/N-ethyl adjacent to an activating group) is 1. The van der Waals surface area contributed by atoms with Gasteiger partial charge in [0.15, 0.2) is 0 Å². The highest BCUT2D eigenvalue weighted by Gasteiger charge is 2.47. The summed E-state index contributed by atoms with van der Waals surface area (Å²) >= 11 is 0. The van der Waals surface area contributed by atoms with Crippen LogP contribution in [0.3, 0.4) is 0 Å². The number of hydrogen-bond acceptors (Lipinski definition) is 5. The number of aryl methyl sites for hydroxylation is 1. The Morgan fingerprint density at radius 2 is 2.21 bits per heavy atom. The molecule has 0 saturated carbocycles.